The molecule has 0 spiro atoms. The topological polar surface area (TPSA) is 18.5 Å². The molecular formula is C18H16O2S. The molecule has 106 valence electrons. The standard InChI is InChI=1S/C18H16O2S/c1-19-10-8-18-17(9-11-21-18)16-5-3-4-13-12-14(20-2)6-7-15(13)16/h3-12H,1-2H3/b10-8+. The summed E-state index contributed by atoms with van der Waals surface area (Å²) >= 11 is 1.71. The fourth-order valence-corrected chi connectivity index (χ4v) is 3.22. The molecule has 0 aliphatic carbocycles. The maximum absolute atomic E-state index is 5.30. The number of rotatable bonds is 4. The highest BCUT2D eigenvalue weighted by atomic mass is 32.1. The minimum absolute atomic E-state index is 0.879. The molecule has 2 nitrogen and oxygen atoms in total. The smallest absolute Gasteiger partial charge is 0.119 e. The molecular weight excluding hydrogens is 280 g/mol. The Kier molecular flexibility index (Phi) is 3.93. The predicted octanol–water partition coefficient (Wildman–Crippen LogP) is 5.19. The van der Waals surface area contributed by atoms with E-state index in [1.807, 2.05) is 12.1 Å². The Morgan fingerprint density at radius 2 is 1.90 bits per heavy atom. The highest BCUT2D eigenvalue weighted by Crippen LogP contribution is 2.35. The second kappa shape index (κ2) is 6.02. The summed E-state index contributed by atoms with van der Waals surface area (Å²) in [6, 6.07) is 14.7. The van der Waals surface area contributed by atoms with Crippen molar-refractivity contribution in [3.63, 3.8) is 0 Å². The van der Waals surface area contributed by atoms with E-state index in [0.29, 0.717) is 0 Å². The summed E-state index contributed by atoms with van der Waals surface area (Å²) in [4.78, 5) is 1.19. The molecule has 0 unspecified atom stereocenters. The van der Waals surface area contributed by atoms with Crippen LogP contribution in [0.5, 0.6) is 5.75 Å². The van der Waals surface area contributed by atoms with Gasteiger partial charge < -0.3 is 9.47 Å². The van der Waals surface area contributed by atoms with E-state index in [9.17, 15) is 0 Å². The largest absolute Gasteiger partial charge is 0.504 e. The molecule has 0 aliphatic rings. The summed E-state index contributed by atoms with van der Waals surface area (Å²) in [6.45, 7) is 0. The fourth-order valence-electron chi connectivity index (χ4n) is 2.43. The van der Waals surface area contributed by atoms with Gasteiger partial charge in [-0.2, -0.15) is 0 Å². The number of hydrogen-bond donors (Lipinski definition) is 0. The van der Waals surface area contributed by atoms with E-state index < -0.39 is 0 Å². The van der Waals surface area contributed by atoms with Gasteiger partial charge in [0.25, 0.3) is 0 Å². The Morgan fingerprint density at radius 3 is 2.71 bits per heavy atom. The molecule has 2 aromatic carbocycles. The van der Waals surface area contributed by atoms with Crippen LogP contribution in [0.1, 0.15) is 4.88 Å². The molecule has 0 radical (unpaired) electrons. The van der Waals surface area contributed by atoms with Crippen LogP contribution in [-0.4, -0.2) is 14.2 Å². The van der Waals surface area contributed by atoms with Crippen molar-refractivity contribution in [1.29, 1.82) is 0 Å². The van der Waals surface area contributed by atoms with Crippen molar-refractivity contribution in [2.75, 3.05) is 14.2 Å². The van der Waals surface area contributed by atoms with E-state index in [1.165, 1.54) is 26.8 Å². The molecule has 0 atom stereocenters. The molecule has 0 saturated heterocycles. The molecule has 0 bridgehead atoms. The number of ether oxygens (including phenoxy) is 2. The van der Waals surface area contributed by atoms with Crippen LogP contribution in [0.2, 0.25) is 0 Å². The molecule has 3 rings (SSSR count). The summed E-state index contributed by atoms with van der Waals surface area (Å²) < 4.78 is 10.3. The van der Waals surface area contributed by atoms with Gasteiger partial charge in [-0.15, -0.1) is 11.3 Å². The average Bonchev–Trinajstić information content (AvgIpc) is 3.00. The van der Waals surface area contributed by atoms with Gasteiger partial charge in [-0.25, -0.2) is 0 Å². The monoisotopic (exact) mass is 296 g/mol. The van der Waals surface area contributed by atoms with Crippen molar-refractivity contribution in [2.45, 2.75) is 0 Å². The minimum Gasteiger partial charge on any atom is -0.504 e. The van der Waals surface area contributed by atoms with E-state index >= 15 is 0 Å². The van der Waals surface area contributed by atoms with E-state index in [0.717, 1.165) is 5.75 Å². The van der Waals surface area contributed by atoms with Gasteiger partial charge >= 0.3 is 0 Å². The van der Waals surface area contributed by atoms with Gasteiger partial charge in [-0.1, -0.05) is 24.3 Å². The second-order valence-electron chi connectivity index (χ2n) is 4.63. The van der Waals surface area contributed by atoms with Gasteiger partial charge in [0.2, 0.25) is 0 Å². The maximum Gasteiger partial charge on any atom is 0.119 e. The molecule has 0 N–H and O–H groups in total. The van der Waals surface area contributed by atoms with Gasteiger partial charge in [0.1, 0.15) is 5.75 Å². The lowest BCUT2D eigenvalue weighted by atomic mass is 9.98. The first-order chi connectivity index (χ1) is 10.3. The lowest BCUT2D eigenvalue weighted by molar-refractivity contribution is 0.341. The van der Waals surface area contributed by atoms with E-state index in [4.69, 9.17) is 9.47 Å². The molecule has 3 aromatic rings. The van der Waals surface area contributed by atoms with Crippen molar-refractivity contribution < 1.29 is 9.47 Å². The zero-order valence-corrected chi connectivity index (χ0v) is 12.8. The minimum atomic E-state index is 0.879. The Hall–Kier alpha value is -2.26. The normalized spacial score (nSPS) is 11.1. The number of fused-ring (bicyclic) bond motifs is 1. The Bertz CT molecular complexity index is 787. The summed E-state index contributed by atoms with van der Waals surface area (Å²) in [5.41, 5.74) is 2.45. The molecule has 0 saturated carbocycles. The molecule has 1 aromatic heterocycles. The lowest BCUT2D eigenvalue weighted by Crippen LogP contribution is -1.85. The van der Waals surface area contributed by atoms with Crippen molar-refractivity contribution in [3.05, 3.63) is 59.0 Å². The average molecular weight is 296 g/mol. The SMILES string of the molecule is CO/C=C/c1sccc1-c1cccc2cc(OC)ccc12. The van der Waals surface area contributed by atoms with Crippen LogP contribution >= 0.6 is 11.3 Å². The number of hydrogen-bond acceptors (Lipinski definition) is 3. The van der Waals surface area contributed by atoms with Crippen LogP contribution in [0.25, 0.3) is 28.0 Å². The molecule has 0 aliphatic heterocycles. The predicted molar refractivity (Wildman–Crippen MR) is 89.9 cm³/mol. The van der Waals surface area contributed by atoms with Crippen molar-refractivity contribution in [3.8, 4) is 16.9 Å². The van der Waals surface area contributed by atoms with Crippen molar-refractivity contribution in [2.24, 2.45) is 0 Å². The van der Waals surface area contributed by atoms with Crippen LogP contribution in [0.3, 0.4) is 0 Å². The zero-order valence-electron chi connectivity index (χ0n) is 12.0. The number of benzene rings is 2. The zero-order chi connectivity index (χ0) is 14.7. The number of thiophene rings is 1. The Morgan fingerprint density at radius 1 is 1.00 bits per heavy atom. The molecule has 21 heavy (non-hydrogen) atoms. The van der Waals surface area contributed by atoms with Gasteiger partial charge in [0.15, 0.2) is 0 Å². The van der Waals surface area contributed by atoms with Gasteiger partial charge in [0.05, 0.1) is 20.5 Å². The first kappa shape index (κ1) is 13.7. The lowest BCUT2D eigenvalue weighted by Gasteiger charge is -2.08. The second-order valence-corrected chi connectivity index (χ2v) is 5.58. The fraction of sp³-hybridized carbons (Fsp3) is 0.111. The van der Waals surface area contributed by atoms with Crippen LogP contribution in [-0.2, 0) is 4.74 Å². The summed E-state index contributed by atoms with van der Waals surface area (Å²) in [6.07, 6.45) is 3.71. The van der Waals surface area contributed by atoms with Gasteiger partial charge in [-0.05, 0) is 46.0 Å². The van der Waals surface area contributed by atoms with Crippen molar-refractivity contribution in [1.82, 2.24) is 0 Å². The maximum atomic E-state index is 5.30. The molecule has 3 heteroatoms. The van der Waals surface area contributed by atoms with Crippen LogP contribution < -0.4 is 4.74 Å². The van der Waals surface area contributed by atoms with Gasteiger partial charge in [-0.3, -0.25) is 0 Å². The van der Waals surface area contributed by atoms with Gasteiger partial charge in [0, 0.05) is 10.4 Å². The molecule has 0 fully saturated rings. The summed E-state index contributed by atoms with van der Waals surface area (Å²) in [5.74, 6) is 0.879. The third-order valence-corrected chi connectivity index (χ3v) is 4.31. The number of methoxy groups -OCH3 is 2. The Balaban J connectivity index is 2.17. The van der Waals surface area contributed by atoms with E-state index in [1.54, 1.807) is 31.8 Å². The van der Waals surface area contributed by atoms with Crippen LogP contribution in [0, 0.1) is 0 Å². The Labute approximate surface area is 128 Å². The third kappa shape index (κ3) is 2.65. The molecule has 0 amide bonds. The summed E-state index contributed by atoms with van der Waals surface area (Å²) in [7, 11) is 3.35. The summed E-state index contributed by atoms with van der Waals surface area (Å²) in [5, 5.41) is 4.51. The highest BCUT2D eigenvalue weighted by Gasteiger charge is 2.09. The van der Waals surface area contributed by atoms with E-state index in [2.05, 4.69) is 41.8 Å². The van der Waals surface area contributed by atoms with Crippen LogP contribution in [0.15, 0.2) is 54.1 Å². The van der Waals surface area contributed by atoms with E-state index in [-0.39, 0.29) is 0 Å². The highest BCUT2D eigenvalue weighted by molar-refractivity contribution is 7.11. The first-order valence-electron chi connectivity index (χ1n) is 6.67. The quantitative estimate of drug-likeness (QED) is 0.616. The van der Waals surface area contributed by atoms with Crippen LogP contribution in [0.4, 0.5) is 0 Å². The van der Waals surface area contributed by atoms with Crippen molar-refractivity contribution >= 4 is 28.2 Å². The third-order valence-electron chi connectivity index (χ3n) is 3.43. The first-order valence-corrected chi connectivity index (χ1v) is 7.55. The molecule has 1 heterocycles.